The normalized spacial score (nSPS) is 10.5. The summed E-state index contributed by atoms with van der Waals surface area (Å²) in [6.07, 6.45) is 0. The zero-order chi connectivity index (χ0) is 18.5. The topological polar surface area (TPSA) is 55.1 Å². The molecule has 1 heterocycles. The van der Waals surface area contributed by atoms with E-state index in [1.54, 1.807) is 0 Å². The second kappa shape index (κ2) is 7.70. The highest BCUT2D eigenvalue weighted by Crippen LogP contribution is 2.20. The molecule has 1 amide bonds. The van der Waals surface area contributed by atoms with E-state index in [0.717, 1.165) is 22.4 Å². The van der Waals surface area contributed by atoms with Crippen molar-refractivity contribution in [2.24, 2.45) is 0 Å². The molecule has 0 unspecified atom stereocenters. The third-order valence-electron chi connectivity index (χ3n) is 4.31. The standard InChI is InChI=1S/C23H18N2O2/c26-23(20-13-11-18(12-14-20)17-7-3-1-4-8-17)24-16-21-15-22(25-27-21)19-9-5-2-6-10-19/h1-15H,16H2,(H,24,26). The molecule has 0 saturated carbocycles. The quantitative estimate of drug-likeness (QED) is 0.552. The number of nitrogens with zero attached hydrogens (tertiary/aromatic N) is 1. The van der Waals surface area contributed by atoms with Crippen LogP contribution in [0, 0.1) is 0 Å². The van der Waals surface area contributed by atoms with Crippen LogP contribution in [0.2, 0.25) is 0 Å². The summed E-state index contributed by atoms with van der Waals surface area (Å²) in [5.41, 5.74) is 4.55. The maximum absolute atomic E-state index is 12.4. The minimum Gasteiger partial charge on any atom is -0.359 e. The molecule has 1 N–H and O–H groups in total. The molecule has 132 valence electrons. The largest absolute Gasteiger partial charge is 0.359 e. The number of nitrogens with one attached hydrogen (secondary N) is 1. The molecule has 27 heavy (non-hydrogen) atoms. The number of hydrogen-bond acceptors (Lipinski definition) is 3. The maximum Gasteiger partial charge on any atom is 0.251 e. The summed E-state index contributed by atoms with van der Waals surface area (Å²) in [6, 6.07) is 29.2. The molecule has 0 aliphatic rings. The lowest BCUT2D eigenvalue weighted by atomic mass is 10.0. The fourth-order valence-electron chi connectivity index (χ4n) is 2.86. The molecule has 0 aliphatic heterocycles. The molecule has 0 spiro atoms. The van der Waals surface area contributed by atoms with Crippen molar-refractivity contribution in [1.29, 1.82) is 0 Å². The smallest absolute Gasteiger partial charge is 0.251 e. The number of hydrogen-bond donors (Lipinski definition) is 1. The predicted octanol–water partition coefficient (Wildman–Crippen LogP) is 4.94. The Morgan fingerprint density at radius 1 is 0.778 bits per heavy atom. The lowest BCUT2D eigenvalue weighted by Gasteiger charge is -2.05. The average Bonchev–Trinajstić information content (AvgIpc) is 3.22. The molecule has 0 aliphatic carbocycles. The SMILES string of the molecule is O=C(NCc1cc(-c2ccccc2)no1)c1ccc(-c2ccccc2)cc1. The first-order valence-electron chi connectivity index (χ1n) is 8.74. The Balaban J connectivity index is 1.39. The van der Waals surface area contributed by atoms with Crippen LogP contribution in [0.3, 0.4) is 0 Å². The van der Waals surface area contributed by atoms with Gasteiger partial charge >= 0.3 is 0 Å². The number of carbonyl (C=O) groups excluding carboxylic acids is 1. The Morgan fingerprint density at radius 3 is 2.04 bits per heavy atom. The van der Waals surface area contributed by atoms with Gasteiger partial charge in [-0.3, -0.25) is 4.79 Å². The predicted molar refractivity (Wildman–Crippen MR) is 105 cm³/mol. The Morgan fingerprint density at radius 2 is 1.37 bits per heavy atom. The molecular formula is C23H18N2O2. The lowest BCUT2D eigenvalue weighted by Crippen LogP contribution is -2.22. The third kappa shape index (κ3) is 3.96. The highest BCUT2D eigenvalue weighted by Gasteiger charge is 2.09. The van der Waals surface area contributed by atoms with Gasteiger partial charge in [-0.25, -0.2) is 0 Å². The first-order chi connectivity index (χ1) is 13.3. The number of amides is 1. The van der Waals surface area contributed by atoms with Crippen LogP contribution in [-0.2, 0) is 6.54 Å². The summed E-state index contributed by atoms with van der Waals surface area (Å²) < 4.78 is 5.32. The van der Waals surface area contributed by atoms with Gasteiger partial charge in [0.25, 0.3) is 5.91 Å². The van der Waals surface area contributed by atoms with Crippen LogP contribution in [0.5, 0.6) is 0 Å². The van der Waals surface area contributed by atoms with Crippen LogP contribution in [0.25, 0.3) is 22.4 Å². The van der Waals surface area contributed by atoms with Crippen LogP contribution in [-0.4, -0.2) is 11.1 Å². The Bertz CT molecular complexity index is 1020. The van der Waals surface area contributed by atoms with E-state index < -0.39 is 0 Å². The fourth-order valence-corrected chi connectivity index (χ4v) is 2.86. The van der Waals surface area contributed by atoms with Gasteiger partial charge in [-0.2, -0.15) is 0 Å². The van der Waals surface area contributed by atoms with Gasteiger partial charge in [-0.1, -0.05) is 78.0 Å². The first kappa shape index (κ1) is 16.8. The summed E-state index contributed by atoms with van der Waals surface area (Å²) in [4.78, 5) is 12.4. The molecule has 4 aromatic rings. The third-order valence-corrected chi connectivity index (χ3v) is 4.31. The Hall–Kier alpha value is -3.66. The van der Waals surface area contributed by atoms with Crippen molar-refractivity contribution in [2.45, 2.75) is 6.54 Å². The number of rotatable bonds is 5. The molecule has 1 aromatic heterocycles. The van der Waals surface area contributed by atoms with Crippen LogP contribution in [0.15, 0.2) is 95.5 Å². The molecule has 4 heteroatoms. The first-order valence-corrected chi connectivity index (χ1v) is 8.74. The molecule has 4 rings (SSSR count). The fraction of sp³-hybridized carbons (Fsp3) is 0.0435. The van der Waals surface area contributed by atoms with Crippen LogP contribution >= 0.6 is 0 Å². The van der Waals surface area contributed by atoms with Crippen molar-refractivity contribution < 1.29 is 9.32 Å². The highest BCUT2D eigenvalue weighted by molar-refractivity contribution is 5.94. The molecule has 0 fully saturated rings. The second-order valence-electron chi connectivity index (χ2n) is 6.17. The Kier molecular flexibility index (Phi) is 4.79. The lowest BCUT2D eigenvalue weighted by molar-refractivity contribution is 0.0947. The van der Waals surface area contributed by atoms with E-state index in [1.165, 1.54) is 0 Å². The summed E-state index contributed by atoms with van der Waals surface area (Å²) in [5.74, 6) is 0.468. The minimum absolute atomic E-state index is 0.146. The van der Waals surface area contributed by atoms with E-state index in [1.807, 2.05) is 91.0 Å². The van der Waals surface area contributed by atoms with Crippen molar-refractivity contribution >= 4 is 5.91 Å². The van der Waals surface area contributed by atoms with Crippen LogP contribution < -0.4 is 5.32 Å². The molecule has 3 aromatic carbocycles. The van der Waals surface area contributed by atoms with Crippen molar-refractivity contribution in [3.8, 4) is 22.4 Å². The van der Waals surface area contributed by atoms with Gasteiger partial charge in [0.1, 0.15) is 5.69 Å². The average molecular weight is 354 g/mol. The molecule has 4 nitrogen and oxygen atoms in total. The minimum atomic E-state index is -0.146. The van der Waals surface area contributed by atoms with E-state index >= 15 is 0 Å². The summed E-state index contributed by atoms with van der Waals surface area (Å²) in [5, 5.41) is 6.92. The molecule has 0 saturated heterocycles. The van der Waals surface area contributed by atoms with Crippen LogP contribution in [0.1, 0.15) is 16.1 Å². The monoisotopic (exact) mass is 354 g/mol. The van der Waals surface area contributed by atoms with Crippen molar-refractivity contribution in [3.63, 3.8) is 0 Å². The van der Waals surface area contributed by atoms with E-state index in [2.05, 4.69) is 10.5 Å². The van der Waals surface area contributed by atoms with Gasteiger partial charge in [-0.15, -0.1) is 0 Å². The summed E-state index contributed by atoms with van der Waals surface area (Å²) >= 11 is 0. The highest BCUT2D eigenvalue weighted by atomic mass is 16.5. The number of carbonyl (C=O) groups is 1. The second-order valence-corrected chi connectivity index (χ2v) is 6.17. The number of aromatic nitrogens is 1. The van der Waals surface area contributed by atoms with E-state index in [4.69, 9.17) is 4.52 Å². The number of benzene rings is 3. The summed E-state index contributed by atoms with van der Waals surface area (Å²) in [7, 11) is 0. The van der Waals surface area contributed by atoms with Crippen LogP contribution in [0.4, 0.5) is 0 Å². The van der Waals surface area contributed by atoms with Gasteiger partial charge in [0.05, 0.1) is 6.54 Å². The van der Waals surface area contributed by atoms with Gasteiger partial charge in [0.2, 0.25) is 0 Å². The molecule has 0 atom stereocenters. The molecule has 0 bridgehead atoms. The van der Waals surface area contributed by atoms with Gasteiger partial charge in [0.15, 0.2) is 5.76 Å². The van der Waals surface area contributed by atoms with Gasteiger partial charge < -0.3 is 9.84 Å². The molecular weight excluding hydrogens is 336 g/mol. The van der Waals surface area contributed by atoms with E-state index in [9.17, 15) is 4.79 Å². The van der Waals surface area contributed by atoms with Crippen molar-refractivity contribution in [1.82, 2.24) is 10.5 Å². The van der Waals surface area contributed by atoms with Crippen molar-refractivity contribution in [2.75, 3.05) is 0 Å². The maximum atomic E-state index is 12.4. The van der Waals surface area contributed by atoms with E-state index in [-0.39, 0.29) is 5.91 Å². The van der Waals surface area contributed by atoms with Gasteiger partial charge in [-0.05, 0) is 23.3 Å². The molecule has 0 radical (unpaired) electrons. The van der Waals surface area contributed by atoms with Crippen molar-refractivity contribution in [3.05, 3.63) is 102 Å². The zero-order valence-corrected chi connectivity index (χ0v) is 14.6. The zero-order valence-electron chi connectivity index (χ0n) is 14.6. The summed E-state index contributed by atoms with van der Waals surface area (Å²) in [6.45, 7) is 0.291. The van der Waals surface area contributed by atoms with Gasteiger partial charge in [0, 0.05) is 17.2 Å². The van der Waals surface area contributed by atoms with E-state index in [0.29, 0.717) is 17.9 Å². The Labute approximate surface area is 157 Å².